The van der Waals surface area contributed by atoms with E-state index in [2.05, 4.69) is 49.8 Å². The van der Waals surface area contributed by atoms with Gasteiger partial charge in [0.05, 0.1) is 38.2 Å². The van der Waals surface area contributed by atoms with E-state index in [-0.39, 0.29) is 57.0 Å². The summed E-state index contributed by atoms with van der Waals surface area (Å²) in [5, 5.41) is 56.8. The average molecular weight is 1610 g/mol. The van der Waals surface area contributed by atoms with Gasteiger partial charge in [-0.15, -0.1) is 0 Å². The molecule has 1 saturated heterocycles. The van der Waals surface area contributed by atoms with Crippen molar-refractivity contribution in [2.45, 2.75) is 125 Å². The van der Waals surface area contributed by atoms with Crippen molar-refractivity contribution >= 4 is 127 Å². The Morgan fingerprint density at radius 2 is 0.879 bits per heavy atom. The Bertz CT molecular complexity index is 4840. The minimum atomic E-state index is -4.47. The van der Waals surface area contributed by atoms with Gasteiger partial charge in [0.15, 0.2) is 0 Å². The molecule has 11 rings (SSSR count). The van der Waals surface area contributed by atoms with Crippen LogP contribution in [0.1, 0.15) is 56.2 Å². The summed E-state index contributed by atoms with van der Waals surface area (Å²) < 4.78 is 193. The molecule has 5 unspecified atom stereocenters. The van der Waals surface area contributed by atoms with E-state index in [4.69, 9.17) is 54.4 Å². The number of hydrogen-bond donors (Lipinski definition) is 15. The second kappa shape index (κ2) is 35.7. The molecule has 0 spiro atoms. The Labute approximate surface area is 621 Å². The molecule has 0 aliphatic carbocycles. The third kappa shape index (κ3) is 22.6. The number of nitrogen functional groups attached to an aromatic ring is 3. The van der Waals surface area contributed by atoms with Gasteiger partial charge in [-0.05, 0) is 155 Å². The van der Waals surface area contributed by atoms with Gasteiger partial charge in [-0.3, -0.25) is 27.3 Å². The molecule has 31 nitrogen and oxygen atoms in total. The van der Waals surface area contributed by atoms with Crippen LogP contribution in [0.5, 0.6) is 5.75 Å². The highest BCUT2D eigenvalue weighted by Crippen LogP contribution is 2.39. The summed E-state index contributed by atoms with van der Waals surface area (Å²) in [6, 6.07) is 38.3. The molecule has 5 atom stereocenters. The third-order valence-electron chi connectivity index (χ3n) is 17.8. The van der Waals surface area contributed by atoms with Crippen LogP contribution >= 0.6 is 0 Å². The number of piperidine rings is 1. The normalized spacial score (nSPS) is 15.7. The number of benzene rings is 9. The maximum Gasteiger partial charge on any atom is 0.295 e. The summed E-state index contributed by atoms with van der Waals surface area (Å²) in [7, 11) is -21.3. The largest absolute Gasteiger partial charge is 0.495 e. The number of aryl methyl sites for hydroxylation is 3. The topological polar surface area (TPSA) is 545 Å². The Kier molecular flexibility index (Phi) is 29.2. The number of nitrogens with two attached hydrogens (primary N) is 3. The van der Waals surface area contributed by atoms with Crippen LogP contribution < -0.4 is 36.6 Å². The number of ether oxygens (including phenoxy) is 1. The fourth-order valence-corrected chi connectivity index (χ4v) is 15.9. The second-order valence-electron chi connectivity index (χ2n) is 25.6. The zero-order chi connectivity index (χ0) is 80.3. The van der Waals surface area contributed by atoms with Crippen molar-refractivity contribution in [1.82, 2.24) is 0 Å². The monoisotopic (exact) mass is 1600 g/mol. The first-order valence-corrected chi connectivity index (χ1v) is 41.0. The molecule has 2 heterocycles. The summed E-state index contributed by atoms with van der Waals surface area (Å²) in [6.45, 7) is 9.05. The highest BCUT2D eigenvalue weighted by molar-refractivity contribution is 7.87. The van der Waals surface area contributed by atoms with Crippen LogP contribution in [0.25, 0.3) is 32.3 Å². The summed E-state index contributed by atoms with van der Waals surface area (Å²) in [5.41, 5.74) is 26.6. The van der Waals surface area contributed by atoms with Gasteiger partial charge in [0.25, 0.3) is 60.7 Å². The number of rotatable bonds is 16. The molecule has 107 heavy (non-hydrogen) atoms. The van der Waals surface area contributed by atoms with Crippen molar-refractivity contribution in [2.75, 3.05) is 79.4 Å². The number of nitrogens with zero attached hydrogens (tertiary/aromatic N) is 3. The molecule has 18 N–H and O–H groups in total. The van der Waals surface area contributed by atoms with E-state index in [0.717, 1.165) is 78.4 Å². The fourth-order valence-electron chi connectivity index (χ4n) is 11.7. The summed E-state index contributed by atoms with van der Waals surface area (Å²) >= 11 is 0. The van der Waals surface area contributed by atoms with Gasteiger partial charge >= 0.3 is 0 Å². The minimum Gasteiger partial charge on any atom is -0.495 e. The van der Waals surface area contributed by atoms with E-state index in [0.29, 0.717) is 17.1 Å². The molecular weight excluding hydrogens is 1520 g/mol. The fraction of sp³-hybridized carbons (Fsp3) is 0.314. The second-order valence-corrected chi connectivity index (χ2v) is 33.9. The van der Waals surface area contributed by atoms with Crippen LogP contribution in [0.3, 0.4) is 0 Å². The number of methoxy groups -OCH3 is 1. The molecular formula is C70H88N6O25S6. The lowest BCUT2D eigenvalue weighted by molar-refractivity contribution is -0.112. The van der Waals surface area contributed by atoms with Gasteiger partial charge in [-0.2, -0.15) is 50.5 Å². The quantitative estimate of drug-likeness (QED) is 0.0348. The maximum absolute atomic E-state index is 11.2. The van der Waals surface area contributed by atoms with Crippen molar-refractivity contribution in [3.05, 3.63) is 174 Å². The smallest absolute Gasteiger partial charge is 0.295 e. The molecule has 0 amide bonds. The summed E-state index contributed by atoms with van der Waals surface area (Å²) in [5.74, 6) is 0.699. The van der Waals surface area contributed by atoms with Crippen molar-refractivity contribution < 1.29 is 113 Å². The molecule has 1 fully saturated rings. The Morgan fingerprint density at radius 1 is 0.505 bits per heavy atom. The number of likely N-dealkylation sites (N-methyl/N-ethyl adjacent to an activating group) is 1. The van der Waals surface area contributed by atoms with Crippen molar-refractivity contribution in [2.24, 2.45) is 0 Å². The zero-order valence-electron chi connectivity index (χ0n) is 59.0. The molecule has 0 bridgehead atoms. The predicted molar refractivity (Wildman–Crippen MR) is 407 cm³/mol. The number of fused-ring (bicyclic) bond motifs is 4. The van der Waals surface area contributed by atoms with E-state index in [1.54, 1.807) is 31.2 Å². The Hall–Kier alpha value is -8.42. The zero-order valence-corrected chi connectivity index (χ0v) is 63.9. The van der Waals surface area contributed by atoms with Gasteiger partial charge in [0, 0.05) is 99.5 Å². The van der Waals surface area contributed by atoms with Crippen molar-refractivity contribution in [3.8, 4) is 5.75 Å². The Balaban J connectivity index is 0.000000201. The highest BCUT2D eigenvalue weighted by atomic mass is 32.2. The number of hydrogen-bond acceptors (Lipinski definition) is 25. The van der Waals surface area contributed by atoms with Gasteiger partial charge in [0.2, 0.25) is 0 Å². The predicted octanol–water partition coefficient (Wildman–Crippen LogP) is 6.82. The van der Waals surface area contributed by atoms with Crippen molar-refractivity contribution in [1.29, 1.82) is 0 Å². The summed E-state index contributed by atoms with van der Waals surface area (Å²) in [6.07, 6.45) is -0.241. The van der Waals surface area contributed by atoms with Crippen molar-refractivity contribution in [3.63, 3.8) is 0 Å². The lowest BCUT2D eigenvalue weighted by atomic mass is 9.86. The molecule has 2 aliphatic heterocycles. The number of aliphatic hydroxyl groups excluding tert-OH is 6. The van der Waals surface area contributed by atoms with Crippen LogP contribution in [-0.2, 0) is 67.1 Å². The molecule has 584 valence electrons. The van der Waals surface area contributed by atoms with E-state index in [9.17, 15) is 76.0 Å². The maximum atomic E-state index is 11.2. The number of aliphatic hydroxyl groups is 6. The standard InChI is InChI=1S/C14H24N2O5.C13H20N2O2.C13H20N2.3C10H8O6S2/c1-8-5-9(3-4-10(8)15)16(2)6-11(18)13(20)14(21)12(19)7-17;1-17-13-8-10(5-6-12(13)14)15-7-3-2-4-11(15)9-16;1-9-7-12-10(8-11(9)14)5-6-13(2,3)15(12)4;3*11-17(12,13)9-5-1-3-7-8(9)4-2-6-10(7)18(14,15)16/h3-5,11-14,17-21H,6-7,15H2,1-2H3;5-6,8,11,16H,2-4,7,9,14H2,1H3;7-8H,5-6,14H2,1-4H3;3*1-6H,(H,11,12,13)(H,14,15,16). The summed E-state index contributed by atoms with van der Waals surface area (Å²) in [4.78, 5) is 3.84. The average Bonchev–Trinajstić information content (AvgIpc) is 0.786. The minimum absolute atomic E-state index is 0.0233. The van der Waals surface area contributed by atoms with E-state index in [1.165, 1.54) is 109 Å². The van der Waals surface area contributed by atoms with E-state index >= 15 is 0 Å². The van der Waals surface area contributed by atoms with Gasteiger partial charge in [-0.1, -0.05) is 72.8 Å². The molecule has 9 aromatic rings. The van der Waals surface area contributed by atoms with Crippen LogP contribution in [0.2, 0.25) is 0 Å². The molecule has 9 aromatic carbocycles. The Morgan fingerprint density at radius 3 is 1.23 bits per heavy atom. The third-order valence-corrected chi connectivity index (χ3v) is 23.3. The molecule has 0 radical (unpaired) electrons. The van der Waals surface area contributed by atoms with Gasteiger partial charge in [-0.25, -0.2) is 0 Å². The molecule has 37 heteroatoms. The van der Waals surface area contributed by atoms with E-state index < -0.39 is 121 Å². The lowest BCUT2D eigenvalue weighted by Gasteiger charge is -2.43. The molecule has 0 saturated carbocycles. The number of anilines is 6. The highest BCUT2D eigenvalue weighted by Gasteiger charge is 2.33. The van der Waals surface area contributed by atoms with Gasteiger partial charge in [0.1, 0.15) is 53.4 Å². The van der Waals surface area contributed by atoms with Crippen LogP contribution in [0, 0.1) is 13.8 Å². The first-order chi connectivity index (χ1) is 49.6. The van der Waals surface area contributed by atoms with E-state index in [1.807, 2.05) is 31.2 Å². The SMILES string of the molecule is COc1cc(N2CCCCC2CO)ccc1N.Cc1cc(N(C)CC(O)C(O)C(O)C(O)CO)ccc1N.Cc1cc2c(cc1N)CCC(C)(C)N2C.O=S(=O)(O)c1cccc2c(S(=O)(=O)O)cccc12.O=S(=O)(O)c1cccc2c(S(=O)(=O)O)cccc12.O=S(=O)(O)c1cccc2c(S(=O)(=O)O)cccc12. The molecule has 2 aliphatic rings. The van der Waals surface area contributed by atoms with Crippen LogP contribution in [0.15, 0.2) is 187 Å². The first-order valence-electron chi connectivity index (χ1n) is 32.3. The van der Waals surface area contributed by atoms with Crippen LogP contribution in [-0.4, -0.2) is 192 Å². The van der Waals surface area contributed by atoms with Gasteiger partial charge < -0.3 is 67.3 Å². The first kappa shape index (κ1) is 87.5. The van der Waals surface area contributed by atoms with Crippen LogP contribution in [0.4, 0.5) is 34.1 Å². The lowest BCUT2D eigenvalue weighted by Crippen LogP contribution is -2.49. The molecule has 0 aromatic heterocycles.